The number of hydrogen-bond acceptors (Lipinski definition) is 3. The van der Waals surface area contributed by atoms with Gasteiger partial charge in [0.2, 0.25) is 0 Å². The Hall–Kier alpha value is -4.44. The number of amides is 1. The van der Waals surface area contributed by atoms with Gasteiger partial charge >= 0.3 is 0 Å². The number of ketones is 1. The number of hydrogen-bond donors (Lipinski definition) is 1. The fourth-order valence-corrected chi connectivity index (χ4v) is 5.56. The zero-order valence-electron chi connectivity index (χ0n) is 20.7. The van der Waals surface area contributed by atoms with Crippen LogP contribution in [0.3, 0.4) is 0 Å². The molecule has 0 bridgehead atoms. The highest BCUT2D eigenvalue weighted by Gasteiger charge is 2.41. The summed E-state index contributed by atoms with van der Waals surface area (Å²) in [5.74, 6) is 0.0251. The first-order valence-corrected chi connectivity index (χ1v) is 12.7. The molecular formula is C33H28N2O2. The summed E-state index contributed by atoms with van der Waals surface area (Å²) in [6, 6.07) is 35.0. The largest absolute Gasteiger partial charge is 0.357 e. The molecule has 4 heteroatoms. The van der Waals surface area contributed by atoms with Crippen molar-refractivity contribution in [3.05, 3.63) is 143 Å². The Labute approximate surface area is 217 Å². The second-order valence-corrected chi connectivity index (χ2v) is 9.83. The lowest BCUT2D eigenvalue weighted by molar-refractivity contribution is -0.116. The van der Waals surface area contributed by atoms with E-state index in [4.69, 9.17) is 0 Å². The molecule has 182 valence electrons. The molecule has 0 radical (unpaired) electrons. The van der Waals surface area contributed by atoms with Crippen LogP contribution in [0.4, 0.5) is 11.4 Å². The predicted molar refractivity (Wildman–Crippen MR) is 148 cm³/mol. The number of nitrogens with one attached hydrogen (secondary N) is 1. The Kier molecular flexibility index (Phi) is 5.93. The van der Waals surface area contributed by atoms with Crippen LogP contribution in [0, 0.1) is 6.92 Å². The molecule has 0 fully saturated rings. The molecule has 1 amide bonds. The SMILES string of the molecule is Cc1ccc([C@@H]2CC(=O)C3=C(C2)Nc2ccccc2N(C(=O)c2ccccc2)[C@@H]3c2ccccc2)cc1. The van der Waals surface area contributed by atoms with Crippen LogP contribution in [0.15, 0.2) is 120 Å². The number of carbonyl (C=O) groups excluding carboxylic acids is 2. The smallest absolute Gasteiger partial charge is 0.259 e. The summed E-state index contributed by atoms with van der Waals surface area (Å²) < 4.78 is 0. The molecule has 1 aliphatic carbocycles. The normalized spacial score (nSPS) is 18.9. The molecule has 0 unspecified atom stereocenters. The number of anilines is 2. The summed E-state index contributed by atoms with van der Waals surface area (Å²) in [5.41, 5.74) is 7.03. The van der Waals surface area contributed by atoms with E-state index in [0.717, 1.165) is 22.6 Å². The van der Waals surface area contributed by atoms with Crippen molar-refractivity contribution in [2.24, 2.45) is 0 Å². The number of rotatable bonds is 3. The van der Waals surface area contributed by atoms with E-state index in [1.165, 1.54) is 11.1 Å². The van der Waals surface area contributed by atoms with Gasteiger partial charge in [-0.1, -0.05) is 90.5 Å². The maximum atomic E-state index is 14.2. The van der Waals surface area contributed by atoms with Crippen LogP contribution in [0.1, 0.15) is 51.8 Å². The number of fused-ring (bicyclic) bond motifs is 1. The molecular weight excluding hydrogens is 456 g/mol. The average molecular weight is 485 g/mol. The van der Waals surface area contributed by atoms with E-state index >= 15 is 0 Å². The Morgan fingerprint density at radius 3 is 2.14 bits per heavy atom. The maximum Gasteiger partial charge on any atom is 0.259 e. The number of aryl methyl sites for hydroxylation is 1. The van der Waals surface area contributed by atoms with Crippen LogP contribution in [0.25, 0.3) is 0 Å². The van der Waals surface area contributed by atoms with Gasteiger partial charge in [0.05, 0.1) is 17.4 Å². The number of Topliss-reactive ketones (excluding diaryl/α,β-unsaturated/α-hetero) is 1. The zero-order valence-corrected chi connectivity index (χ0v) is 20.7. The first-order chi connectivity index (χ1) is 18.1. The van der Waals surface area contributed by atoms with E-state index in [9.17, 15) is 9.59 Å². The molecule has 1 aliphatic heterocycles. The van der Waals surface area contributed by atoms with E-state index in [1.54, 1.807) is 4.90 Å². The molecule has 1 N–H and O–H groups in total. The van der Waals surface area contributed by atoms with Crippen molar-refractivity contribution in [2.75, 3.05) is 10.2 Å². The van der Waals surface area contributed by atoms with Crippen LogP contribution in [-0.4, -0.2) is 11.7 Å². The molecule has 0 spiro atoms. The molecule has 2 aliphatic rings. The zero-order chi connectivity index (χ0) is 25.4. The van der Waals surface area contributed by atoms with Gasteiger partial charge in [-0.3, -0.25) is 14.5 Å². The Balaban J connectivity index is 1.55. The first-order valence-electron chi connectivity index (χ1n) is 12.7. The van der Waals surface area contributed by atoms with Gasteiger partial charge in [0, 0.05) is 23.3 Å². The highest BCUT2D eigenvalue weighted by Crippen LogP contribution is 2.47. The molecule has 6 rings (SSSR count). The lowest BCUT2D eigenvalue weighted by atomic mass is 9.78. The van der Waals surface area contributed by atoms with Gasteiger partial charge in [0.25, 0.3) is 5.91 Å². The summed E-state index contributed by atoms with van der Waals surface area (Å²) in [7, 11) is 0. The van der Waals surface area contributed by atoms with Crippen molar-refractivity contribution in [1.29, 1.82) is 0 Å². The number of para-hydroxylation sites is 2. The van der Waals surface area contributed by atoms with Gasteiger partial charge in [-0.15, -0.1) is 0 Å². The van der Waals surface area contributed by atoms with E-state index in [2.05, 4.69) is 36.5 Å². The fourth-order valence-electron chi connectivity index (χ4n) is 5.56. The molecule has 4 aromatic carbocycles. The quantitative estimate of drug-likeness (QED) is 0.334. The highest BCUT2D eigenvalue weighted by atomic mass is 16.2. The first kappa shape index (κ1) is 23.0. The fraction of sp³-hybridized carbons (Fsp3) is 0.152. The third-order valence-corrected chi connectivity index (χ3v) is 7.39. The third-order valence-electron chi connectivity index (χ3n) is 7.39. The molecule has 37 heavy (non-hydrogen) atoms. The third kappa shape index (κ3) is 4.25. The average Bonchev–Trinajstić information content (AvgIpc) is 3.08. The standard InChI is InChI=1S/C33H28N2O2/c1-22-16-18-23(19-17-22)26-20-28-31(30(36)21-26)32(24-10-4-2-5-11-24)35(29-15-9-8-14-27(29)34-28)33(37)25-12-6-3-7-13-25/h2-19,26,32,34H,20-21H2,1H3/t26-,32+/m0/s1. The molecule has 0 saturated carbocycles. The number of benzene rings is 4. The predicted octanol–water partition coefficient (Wildman–Crippen LogP) is 7.21. The van der Waals surface area contributed by atoms with Gasteiger partial charge in [0.15, 0.2) is 5.78 Å². The van der Waals surface area contributed by atoms with Crippen LogP contribution in [0.2, 0.25) is 0 Å². The minimum atomic E-state index is -0.536. The Bertz CT molecular complexity index is 1490. The molecule has 4 nitrogen and oxygen atoms in total. The number of carbonyl (C=O) groups is 2. The second kappa shape index (κ2) is 9.55. The van der Waals surface area contributed by atoms with Gasteiger partial charge in [-0.05, 0) is 54.7 Å². The number of nitrogens with zero attached hydrogens (tertiary/aromatic N) is 1. The molecule has 0 saturated heterocycles. The monoisotopic (exact) mass is 484 g/mol. The van der Waals surface area contributed by atoms with Crippen molar-refractivity contribution in [1.82, 2.24) is 0 Å². The number of allylic oxidation sites excluding steroid dienone is 1. The van der Waals surface area contributed by atoms with E-state index in [-0.39, 0.29) is 17.6 Å². The summed E-state index contributed by atoms with van der Waals surface area (Å²) in [5, 5.41) is 3.60. The minimum Gasteiger partial charge on any atom is -0.357 e. The van der Waals surface area contributed by atoms with E-state index in [1.807, 2.05) is 84.9 Å². The second-order valence-electron chi connectivity index (χ2n) is 9.83. The van der Waals surface area contributed by atoms with E-state index in [0.29, 0.717) is 24.0 Å². The van der Waals surface area contributed by atoms with Crippen LogP contribution < -0.4 is 10.2 Å². The summed E-state index contributed by atoms with van der Waals surface area (Å²) >= 11 is 0. The van der Waals surface area contributed by atoms with Crippen molar-refractivity contribution in [3.63, 3.8) is 0 Å². The summed E-state index contributed by atoms with van der Waals surface area (Å²) in [4.78, 5) is 30.0. The molecule has 1 heterocycles. The maximum absolute atomic E-state index is 14.2. The lowest BCUT2D eigenvalue weighted by Crippen LogP contribution is -2.38. The van der Waals surface area contributed by atoms with Crippen LogP contribution in [0.5, 0.6) is 0 Å². The topological polar surface area (TPSA) is 49.4 Å². The Morgan fingerprint density at radius 1 is 0.757 bits per heavy atom. The van der Waals surface area contributed by atoms with Crippen molar-refractivity contribution < 1.29 is 9.59 Å². The highest BCUT2D eigenvalue weighted by molar-refractivity contribution is 6.12. The van der Waals surface area contributed by atoms with Gasteiger partial charge in [-0.2, -0.15) is 0 Å². The molecule has 2 atom stereocenters. The Morgan fingerprint density at radius 2 is 1.41 bits per heavy atom. The van der Waals surface area contributed by atoms with Gasteiger partial charge in [0.1, 0.15) is 0 Å². The van der Waals surface area contributed by atoms with Gasteiger partial charge in [-0.25, -0.2) is 0 Å². The molecule has 0 aromatic heterocycles. The van der Waals surface area contributed by atoms with Gasteiger partial charge < -0.3 is 5.32 Å². The van der Waals surface area contributed by atoms with Crippen molar-refractivity contribution in [3.8, 4) is 0 Å². The minimum absolute atomic E-state index is 0.0758. The molecule has 4 aromatic rings. The van der Waals surface area contributed by atoms with Crippen molar-refractivity contribution in [2.45, 2.75) is 31.7 Å². The van der Waals surface area contributed by atoms with Crippen LogP contribution in [-0.2, 0) is 4.79 Å². The van der Waals surface area contributed by atoms with Crippen LogP contribution >= 0.6 is 0 Å². The lowest BCUT2D eigenvalue weighted by Gasteiger charge is -2.35. The summed E-state index contributed by atoms with van der Waals surface area (Å²) in [6.07, 6.45) is 1.12. The summed E-state index contributed by atoms with van der Waals surface area (Å²) in [6.45, 7) is 2.07. The van der Waals surface area contributed by atoms with Crippen molar-refractivity contribution >= 4 is 23.1 Å². The van der Waals surface area contributed by atoms with E-state index < -0.39 is 6.04 Å².